The number of hydrazone groups is 1. The second kappa shape index (κ2) is 7.39. The normalized spacial score (nSPS) is 14.0. The van der Waals surface area contributed by atoms with E-state index in [1.54, 1.807) is 19.2 Å². The zero-order valence-corrected chi connectivity index (χ0v) is 15.1. The predicted octanol–water partition coefficient (Wildman–Crippen LogP) is 3.43. The number of hydrogen-bond acceptors (Lipinski definition) is 4. The van der Waals surface area contributed by atoms with Gasteiger partial charge in [0, 0.05) is 12.8 Å². The van der Waals surface area contributed by atoms with Crippen LogP contribution in [0.25, 0.3) is 0 Å². The first-order valence-electron chi connectivity index (χ1n) is 8.41. The molecule has 6 nitrogen and oxygen atoms in total. The average molecular weight is 351 g/mol. The topological polar surface area (TPSA) is 71.0 Å². The SMILES string of the molecule is COc1ccc(C)cc1NC(=O)C1=NN(c2cccc(C)c2)C(=O)CC1. The van der Waals surface area contributed by atoms with Gasteiger partial charge in [-0.1, -0.05) is 18.2 Å². The van der Waals surface area contributed by atoms with Crippen LogP contribution in [0.4, 0.5) is 11.4 Å². The second-order valence-electron chi connectivity index (χ2n) is 6.25. The third-order valence-corrected chi connectivity index (χ3v) is 4.14. The molecule has 2 amide bonds. The van der Waals surface area contributed by atoms with E-state index in [0.29, 0.717) is 29.3 Å². The fourth-order valence-electron chi connectivity index (χ4n) is 2.79. The van der Waals surface area contributed by atoms with Gasteiger partial charge in [0.05, 0.1) is 18.5 Å². The van der Waals surface area contributed by atoms with Crippen molar-refractivity contribution in [2.45, 2.75) is 26.7 Å². The molecule has 2 aromatic carbocycles. The molecule has 0 fully saturated rings. The molecule has 0 bridgehead atoms. The molecule has 1 aliphatic rings. The van der Waals surface area contributed by atoms with E-state index in [0.717, 1.165) is 11.1 Å². The van der Waals surface area contributed by atoms with Crippen LogP contribution in [-0.4, -0.2) is 24.6 Å². The molecule has 3 rings (SSSR count). The molecule has 0 atom stereocenters. The summed E-state index contributed by atoms with van der Waals surface area (Å²) < 4.78 is 5.29. The van der Waals surface area contributed by atoms with Crippen LogP contribution >= 0.6 is 0 Å². The Hall–Kier alpha value is -3.15. The fraction of sp³-hybridized carbons (Fsp3) is 0.250. The molecule has 6 heteroatoms. The number of methoxy groups -OCH3 is 1. The maximum absolute atomic E-state index is 12.7. The maximum atomic E-state index is 12.7. The number of anilines is 2. The van der Waals surface area contributed by atoms with E-state index in [1.807, 2.05) is 44.2 Å². The van der Waals surface area contributed by atoms with E-state index < -0.39 is 0 Å². The Morgan fingerprint density at radius 3 is 2.62 bits per heavy atom. The first-order valence-corrected chi connectivity index (χ1v) is 8.41. The Kier molecular flexibility index (Phi) is 5.02. The van der Waals surface area contributed by atoms with E-state index in [-0.39, 0.29) is 18.2 Å². The Balaban J connectivity index is 1.86. The number of aryl methyl sites for hydroxylation is 2. The molecule has 0 spiro atoms. The number of nitrogens with one attached hydrogen (secondary N) is 1. The predicted molar refractivity (Wildman–Crippen MR) is 102 cm³/mol. The Morgan fingerprint density at radius 1 is 1.12 bits per heavy atom. The molecule has 1 aliphatic heterocycles. The highest BCUT2D eigenvalue weighted by Gasteiger charge is 2.26. The van der Waals surface area contributed by atoms with Crippen molar-refractivity contribution in [2.24, 2.45) is 5.10 Å². The summed E-state index contributed by atoms with van der Waals surface area (Å²) in [4.78, 5) is 24.9. The second-order valence-corrected chi connectivity index (χ2v) is 6.25. The van der Waals surface area contributed by atoms with Crippen molar-refractivity contribution < 1.29 is 14.3 Å². The molecular weight excluding hydrogens is 330 g/mol. The number of benzene rings is 2. The average Bonchev–Trinajstić information content (AvgIpc) is 2.62. The summed E-state index contributed by atoms with van der Waals surface area (Å²) in [6.45, 7) is 3.88. The number of rotatable bonds is 4. The molecule has 0 radical (unpaired) electrons. The summed E-state index contributed by atoms with van der Waals surface area (Å²) in [7, 11) is 1.55. The van der Waals surface area contributed by atoms with E-state index in [1.165, 1.54) is 5.01 Å². The minimum atomic E-state index is -0.334. The first-order chi connectivity index (χ1) is 12.5. The Morgan fingerprint density at radius 2 is 1.88 bits per heavy atom. The summed E-state index contributed by atoms with van der Waals surface area (Å²) in [5.74, 6) is 0.117. The number of carbonyl (C=O) groups is 2. The van der Waals surface area contributed by atoms with Gasteiger partial charge in [0.1, 0.15) is 11.5 Å². The number of hydrogen-bond donors (Lipinski definition) is 1. The minimum absolute atomic E-state index is 0.125. The van der Waals surface area contributed by atoms with Gasteiger partial charge in [0.25, 0.3) is 5.91 Å². The lowest BCUT2D eigenvalue weighted by atomic mass is 10.1. The molecule has 1 N–H and O–H groups in total. The zero-order valence-electron chi connectivity index (χ0n) is 15.1. The van der Waals surface area contributed by atoms with Gasteiger partial charge >= 0.3 is 0 Å². The summed E-state index contributed by atoms with van der Waals surface area (Å²) in [5, 5.41) is 8.44. The van der Waals surface area contributed by atoms with Crippen LogP contribution in [0.1, 0.15) is 24.0 Å². The van der Waals surface area contributed by atoms with Gasteiger partial charge in [0.15, 0.2) is 0 Å². The van der Waals surface area contributed by atoms with Crippen LogP contribution in [0.3, 0.4) is 0 Å². The van der Waals surface area contributed by atoms with Crippen molar-refractivity contribution in [2.75, 3.05) is 17.4 Å². The summed E-state index contributed by atoms with van der Waals surface area (Å²) in [6, 6.07) is 13.0. The van der Waals surface area contributed by atoms with Crippen LogP contribution in [0, 0.1) is 13.8 Å². The first kappa shape index (κ1) is 17.7. The monoisotopic (exact) mass is 351 g/mol. The van der Waals surface area contributed by atoms with Crippen LogP contribution in [0.15, 0.2) is 47.6 Å². The van der Waals surface area contributed by atoms with Gasteiger partial charge in [-0.2, -0.15) is 5.10 Å². The lowest BCUT2D eigenvalue weighted by molar-refractivity contribution is -0.118. The molecule has 0 aliphatic carbocycles. The quantitative estimate of drug-likeness (QED) is 0.917. The van der Waals surface area contributed by atoms with Crippen molar-refractivity contribution >= 4 is 28.9 Å². The molecule has 0 aromatic heterocycles. The molecule has 0 saturated heterocycles. The fourth-order valence-corrected chi connectivity index (χ4v) is 2.79. The molecule has 0 unspecified atom stereocenters. The van der Waals surface area contributed by atoms with E-state index in [9.17, 15) is 9.59 Å². The van der Waals surface area contributed by atoms with Gasteiger partial charge < -0.3 is 10.1 Å². The molecule has 134 valence electrons. The highest BCUT2D eigenvalue weighted by Crippen LogP contribution is 2.26. The van der Waals surface area contributed by atoms with Gasteiger partial charge in [-0.3, -0.25) is 9.59 Å². The number of amides is 2. The summed E-state index contributed by atoms with van der Waals surface area (Å²) in [6.07, 6.45) is 0.548. The third-order valence-electron chi connectivity index (χ3n) is 4.14. The molecule has 26 heavy (non-hydrogen) atoms. The summed E-state index contributed by atoms with van der Waals surface area (Å²) >= 11 is 0. The number of ether oxygens (including phenoxy) is 1. The maximum Gasteiger partial charge on any atom is 0.271 e. The summed E-state index contributed by atoms with van der Waals surface area (Å²) in [5.41, 5.74) is 3.58. The largest absolute Gasteiger partial charge is 0.495 e. The Labute approximate surface area is 152 Å². The highest BCUT2D eigenvalue weighted by atomic mass is 16.5. The van der Waals surface area contributed by atoms with Crippen LogP contribution < -0.4 is 15.1 Å². The lowest BCUT2D eigenvalue weighted by Crippen LogP contribution is -2.36. The molecular formula is C20H21N3O3. The standard InChI is InChI=1S/C20H21N3O3/c1-13-5-4-6-15(11-13)23-19(24)10-8-16(22-23)20(25)21-17-12-14(2)7-9-18(17)26-3/h4-7,9,11-12H,8,10H2,1-3H3,(H,21,25). The number of carbonyl (C=O) groups excluding carboxylic acids is 2. The minimum Gasteiger partial charge on any atom is -0.495 e. The number of nitrogens with zero attached hydrogens (tertiary/aromatic N) is 2. The van der Waals surface area contributed by atoms with Gasteiger partial charge in [-0.05, 0) is 49.2 Å². The van der Waals surface area contributed by atoms with Crippen molar-refractivity contribution in [1.82, 2.24) is 0 Å². The van der Waals surface area contributed by atoms with Crippen molar-refractivity contribution in [3.63, 3.8) is 0 Å². The van der Waals surface area contributed by atoms with Crippen molar-refractivity contribution in [3.8, 4) is 5.75 Å². The van der Waals surface area contributed by atoms with E-state index in [2.05, 4.69) is 10.4 Å². The lowest BCUT2D eigenvalue weighted by Gasteiger charge is -2.23. The highest BCUT2D eigenvalue weighted by molar-refractivity contribution is 6.44. The van der Waals surface area contributed by atoms with Crippen LogP contribution in [0.5, 0.6) is 5.75 Å². The zero-order chi connectivity index (χ0) is 18.7. The molecule has 0 saturated carbocycles. The molecule has 1 heterocycles. The van der Waals surface area contributed by atoms with Gasteiger partial charge in [-0.25, -0.2) is 5.01 Å². The van der Waals surface area contributed by atoms with Gasteiger partial charge in [0.2, 0.25) is 5.91 Å². The van der Waals surface area contributed by atoms with Crippen molar-refractivity contribution in [3.05, 3.63) is 53.6 Å². The van der Waals surface area contributed by atoms with Crippen LogP contribution in [0.2, 0.25) is 0 Å². The molecule has 2 aromatic rings. The van der Waals surface area contributed by atoms with E-state index in [4.69, 9.17) is 4.74 Å². The smallest absolute Gasteiger partial charge is 0.271 e. The Bertz CT molecular complexity index is 890. The van der Waals surface area contributed by atoms with Crippen molar-refractivity contribution in [1.29, 1.82) is 0 Å². The van der Waals surface area contributed by atoms with E-state index >= 15 is 0 Å². The van der Waals surface area contributed by atoms with Gasteiger partial charge in [-0.15, -0.1) is 0 Å². The third kappa shape index (κ3) is 3.74. The van der Waals surface area contributed by atoms with Crippen LogP contribution in [-0.2, 0) is 9.59 Å².